The summed E-state index contributed by atoms with van der Waals surface area (Å²) in [4.78, 5) is 36.7. The van der Waals surface area contributed by atoms with Crippen LogP contribution in [-0.2, 0) is 9.53 Å². The van der Waals surface area contributed by atoms with E-state index in [4.69, 9.17) is 9.47 Å². The smallest absolute Gasteiger partial charge is 0.338 e. The van der Waals surface area contributed by atoms with Crippen molar-refractivity contribution in [2.75, 3.05) is 32.8 Å². The number of amides is 2. The molecule has 2 N–H and O–H groups in total. The van der Waals surface area contributed by atoms with E-state index in [0.717, 1.165) is 6.07 Å². The molecule has 0 saturated heterocycles. The van der Waals surface area contributed by atoms with Crippen LogP contribution in [0.1, 0.15) is 18.5 Å². The topological polar surface area (TPSA) is 131 Å². The Morgan fingerprint density at radius 2 is 2.14 bits per heavy atom. The number of phenols is 1. The number of nitrogens with zero attached hydrogens (tertiary/aromatic N) is 2. The first-order valence-electron chi connectivity index (χ1n) is 8.19. The van der Waals surface area contributed by atoms with E-state index in [2.05, 4.69) is 5.32 Å². The zero-order valence-electron chi connectivity index (χ0n) is 15.8. The van der Waals surface area contributed by atoms with Crippen LogP contribution in [0.5, 0.6) is 11.5 Å². The molecule has 2 amide bonds. The number of nitro groups is 1. The fraction of sp³-hybridized carbons (Fsp3) is 0.412. The van der Waals surface area contributed by atoms with Crippen molar-refractivity contribution in [3.63, 3.8) is 0 Å². The molecule has 0 bridgehead atoms. The number of carbonyl (C=O) groups excluding carboxylic acids is 2. The molecule has 1 heterocycles. The summed E-state index contributed by atoms with van der Waals surface area (Å²) in [6, 6.07) is 0.939. The van der Waals surface area contributed by atoms with Gasteiger partial charge in [0.2, 0.25) is 5.75 Å². The number of carbonyl (C=O) groups is 2. The Balaban J connectivity index is 2.57. The van der Waals surface area contributed by atoms with Crippen molar-refractivity contribution in [3.8, 4) is 11.5 Å². The molecule has 1 aliphatic heterocycles. The maximum atomic E-state index is 12.7. The third-order valence-corrected chi connectivity index (χ3v) is 4.90. The summed E-state index contributed by atoms with van der Waals surface area (Å²) in [6.07, 6.45) is 1.87. The van der Waals surface area contributed by atoms with E-state index in [1.54, 1.807) is 6.92 Å². The van der Waals surface area contributed by atoms with Gasteiger partial charge >= 0.3 is 17.7 Å². The number of rotatable bonds is 7. The molecule has 1 aromatic carbocycles. The minimum absolute atomic E-state index is 0.144. The molecule has 28 heavy (non-hydrogen) atoms. The van der Waals surface area contributed by atoms with E-state index < -0.39 is 34.4 Å². The van der Waals surface area contributed by atoms with Crippen LogP contribution in [0.3, 0.4) is 0 Å². The standard InChI is InChI=1S/C17H21N3O7S/c1-9-13(16(22)27-5-6-28-4)14(18-17(23)19(9)2)10-7-11(20(24)25)15(21)12(8-10)26-3/h7-8,14,21H,5-6H2,1-4H3,(H,18,23)/t14-/m0/s1. The summed E-state index contributed by atoms with van der Waals surface area (Å²) >= 11 is 1.51. The van der Waals surface area contributed by atoms with Gasteiger partial charge in [-0.15, -0.1) is 0 Å². The number of benzene rings is 1. The normalized spacial score (nSPS) is 16.6. The molecule has 1 aromatic rings. The Labute approximate surface area is 165 Å². The number of esters is 1. The Hall–Kier alpha value is -2.95. The van der Waals surface area contributed by atoms with Crippen LogP contribution in [0.15, 0.2) is 23.4 Å². The highest BCUT2D eigenvalue weighted by molar-refractivity contribution is 7.98. The average Bonchev–Trinajstić information content (AvgIpc) is 2.65. The lowest BCUT2D eigenvalue weighted by Gasteiger charge is -2.33. The molecule has 152 valence electrons. The van der Waals surface area contributed by atoms with Crippen molar-refractivity contribution in [2.24, 2.45) is 0 Å². The summed E-state index contributed by atoms with van der Waals surface area (Å²) in [6.45, 7) is 1.77. The number of nitrogens with one attached hydrogen (secondary N) is 1. The second-order valence-electron chi connectivity index (χ2n) is 5.92. The maximum Gasteiger partial charge on any atom is 0.338 e. The second-order valence-corrected chi connectivity index (χ2v) is 6.90. The van der Waals surface area contributed by atoms with Crippen LogP contribution in [0.2, 0.25) is 0 Å². The number of nitro benzene ring substituents is 1. The molecule has 0 radical (unpaired) electrons. The van der Waals surface area contributed by atoms with Crippen molar-refractivity contribution in [1.82, 2.24) is 10.2 Å². The minimum Gasteiger partial charge on any atom is -0.500 e. The van der Waals surface area contributed by atoms with Crippen LogP contribution in [0, 0.1) is 10.1 Å². The molecular weight excluding hydrogens is 390 g/mol. The summed E-state index contributed by atoms with van der Waals surface area (Å²) in [5, 5.41) is 23.9. The van der Waals surface area contributed by atoms with E-state index in [-0.39, 0.29) is 23.5 Å². The van der Waals surface area contributed by atoms with Gasteiger partial charge in [-0.1, -0.05) is 0 Å². The Bertz CT molecular complexity index is 840. The zero-order chi connectivity index (χ0) is 21.0. The van der Waals surface area contributed by atoms with E-state index in [1.807, 2.05) is 6.26 Å². The molecule has 0 unspecified atom stereocenters. The predicted molar refractivity (Wildman–Crippen MR) is 102 cm³/mol. The van der Waals surface area contributed by atoms with Gasteiger partial charge in [-0.2, -0.15) is 11.8 Å². The Kier molecular flexibility index (Phi) is 6.73. The van der Waals surface area contributed by atoms with Crippen molar-refractivity contribution in [1.29, 1.82) is 0 Å². The van der Waals surface area contributed by atoms with Crippen molar-refractivity contribution in [3.05, 3.63) is 39.1 Å². The summed E-state index contributed by atoms with van der Waals surface area (Å²) in [5.41, 5.74) is 0.108. The highest BCUT2D eigenvalue weighted by atomic mass is 32.2. The number of allylic oxidation sites excluding steroid dienone is 1. The fourth-order valence-corrected chi connectivity index (χ4v) is 2.97. The van der Waals surface area contributed by atoms with Gasteiger partial charge in [0.1, 0.15) is 6.61 Å². The lowest BCUT2D eigenvalue weighted by Crippen LogP contribution is -2.46. The van der Waals surface area contributed by atoms with Crippen molar-refractivity contribution >= 4 is 29.4 Å². The molecule has 0 aromatic heterocycles. The van der Waals surface area contributed by atoms with Gasteiger partial charge in [-0.05, 0) is 24.8 Å². The monoisotopic (exact) mass is 411 g/mol. The van der Waals surface area contributed by atoms with E-state index in [1.165, 1.54) is 36.9 Å². The lowest BCUT2D eigenvalue weighted by atomic mass is 9.94. The van der Waals surface area contributed by atoms with Crippen LogP contribution in [0.4, 0.5) is 10.5 Å². The number of thioether (sulfide) groups is 1. The first kappa shape index (κ1) is 21.4. The summed E-state index contributed by atoms with van der Waals surface area (Å²) in [5.74, 6) is -0.827. The third-order valence-electron chi connectivity index (χ3n) is 4.32. The molecule has 0 saturated carbocycles. The summed E-state index contributed by atoms with van der Waals surface area (Å²) in [7, 11) is 2.74. The number of methoxy groups -OCH3 is 1. The van der Waals surface area contributed by atoms with Crippen LogP contribution >= 0.6 is 11.8 Å². The van der Waals surface area contributed by atoms with Gasteiger partial charge in [0, 0.05) is 24.6 Å². The molecule has 0 aliphatic carbocycles. The molecule has 1 atom stereocenters. The number of phenolic OH excluding ortho intramolecular Hbond substituents is 1. The number of ether oxygens (including phenoxy) is 2. The highest BCUT2D eigenvalue weighted by Crippen LogP contribution is 2.41. The van der Waals surface area contributed by atoms with Crippen molar-refractivity contribution < 1.29 is 29.1 Å². The van der Waals surface area contributed by atoms with Crippen molar-refractivity contribution in [2.45, 2.75) is 13.0 Å². The summed E-state index contributed by atoms with van der Waals surface area (Å²) < 4.78 is 10.3. The number of hydrogen-bond donors (Lipinski definition) is 2. The SMILES string of the molecule is COc1cc([C@@H]2NC(=O)N(C)C(C)=C2C(=O)OCCSC)cc([N+](=O)[O-])c1O. The quantitative estimate of drug-likeness (QED) is 0.302. The van der Waals surface area contributed by atoms with Gasteiger partial charge in [-0.25, -0.2) is 9.59 Å². The first-order chi connectivity index (χ1) is 13.2. The first-order valence-corrected chi connectivity index (χ1v) is 9.58. The molecule has 10 nitrogen and oxygen atoms in total. The zero-order valence-corrected chi connectivity index (χ0v) is 16.7. The Morgan fingerprint density at radius 1 is 1.46 bits per heavy atom. The average molecular weight is 411 g/mol. The van der Waals surface area contributed by atoms with E-state index in [9.17, 15) is 24.8 Å². The van der Waals surface area contributed by atoms with E-state index >= 15 is 0 Å². The van der Waals surface area contributed by atoms with Gasteiger partial charge in [0.05, 0.1) is 23.6 Å². The van der Waals surface area contributed by atoms with Gasteiger partial charge in [0.25, 0.3) is 0 Å². The van der Waals surface area contributed by atoms with Gasteiger partial charge in [-0.3, -0.25) is 10.1 Å². The lowest BCUT2D eigenvalue weighted by molar-refractivity contribution is -0.386. The molecule has 2 rings (SSSR count). The fourth-order valence-electron chi connectivity index (χ4n) is 2.72. The van der Waals surface area contributed by atoms with Gasteiger partial charge < -0.3 is 24.8 Å². The van der Waals surface area contributed by atoms with Crippen LogP contribution in [0.25, 0.3) is 0 Å². The van der Waals surface area contributed by atoms with Crippen LogP contribution < -0.4 is 10.1 Å². The molecule has 0 fully saturated rings. The molecule has 0 spiro atoms. The number of urea groups is 1. The predicted octanol–water partition coefficient (Wildman–Crippen LogP) is 2.19. The van der Waals surface area contributed by atoms with E-state index in [0.29, 0.717) is 11.4 Å². The van der Waals surface area contributed by atoms with Gasteiger partial charge in [0.15, 0.2) is 5.75 Å². The number of hydrogen-bond acceptors (Lipinski definition) is 8. The highest BCUT2D eigenvalue weighted by Gasteiger charge is 2.36. The molecule has 11 heteroatoms. The molecular formula is C17H21N3O7S. The van der Waals surface area contributed by atoms with Crippen LogP contribution in [-0.4, -0.2) is 59.7 Å². The maximum absolute atomic E-state index is 12.7. The second kappa shape index (κ2) is 8.83. The minimum atomic E-state index is -1.00. The molecule has 1 aliphatic rings. The number of aromatic hydroxyl groups is 1. The largest absolute Gasteiger partial charge is 0.500 e. The Morgan fingerprint density at radius 3 is 2.71 bits per heavy atom. The third kappa shape index (κ3) is 4.14.